The van der Waals surface area contributed by atoms with Crippen molar-refractivity contribution in [2.75, 3.05) is 6.54 Å². The van der Waals surface area contributed by atoms with Gasteiger partial charge >= 0.3 is 0 Å². The normalized spacial score (nSPS) is 37.1. The van der Waals surface area contributed by atoms with Crippen LogP contribution >= 0.6 is 0 Å². The van der Waals surface area contributed by atoms with Gasteiger partial charge in [0.15, 0.2) is 0 Å². The molecule has 4 nitrogen and oxygen atoms in total. The van der Waals surface area contributed by atoms with Crippen LogP contribution in [0.1, 0.15) is 32.6 Å². The van der Waals surface area contributed by atoms with Crippen LogP contribution in [0.15, 0.2) is 0 Å². The van der Waals surface area contributed by atoms with E-state index in [2.05, 4.69) is 11.6 Å². The van der Waals surface area contributed by atoms with E-state index >= 15 is 0 Å². The summed E-state index contributed by atoms with van der Waals surface area (Å²) in [6, 6.07) is 0. The van der Waals surface area contributed by atoms with E-state index in [0.717, 1.165) is 25.7 Å². The predicted octanol–water partition coefficient (Wildman–Crippen LogP) is 0.196. The Kier molecular flexibility index (Phi) is 2.36. The van der Waals surface area contributed by atoms with Crippen molar-refractivity contribution in [3.8, 4) is 0 Å². The molecule has 2 rings (SSSR count). The summed E-state index contributed by atoms with van der Waals surface area (Å²) in [5.74, 6) is 0.504. The van der Waals surface area contributed by atoms with Gasteiger partial charge in [0.05, 0.1) is 5.25 Å². The van der Waals surface area contributed by atoms with E-state index < -0.39 is 10.0 Å². The number of hydrogen-bond donors (Lipinski definition) is 2. The fourth-order valence-electron chi connectivity index (χ4n) is 1.90. The number of nitrogens with one attached hydrogen (secondary N) is 1. The second kappa shape index (κ2) is 3.18. The van der Waals surface area contributed by atoms with Crippen molar-refractivity contribution >= 4 is 10.0 Å². The first-order chi connectivity index (χ1) is 6.48. The SMILES string of the molecule is CC[C@@H]1C[C@]1(N)CNS(=O)(=O)C1CC1. The van der Waals surface area contributed by atoms with Crippen LogP contribution < -0.4 is 10.5 Å². The molecule has 0 aromatic rings. The van der Waals surface area contributed by atoms with Crippen molar-refractivity contribution in [2.45, 2.75) is 43.4 Å². The number of rotatable bonds is 5. The van der Waals surface area contributed by atoms with Gasteiger partial charge in [-0.2, -0.15) is 0 Å². The van der Waals surface area contributed by atoms with Gasteiger partial charge in [-0.15, -0.1) is 0 Å². The lowest BCUT2D eigenvalue weighted by Crippen LogP contribution is -2.41. The Hall–Kier alpha value is -0.130. The summed E-state index contributed by atoms with van der Waals surface area (Å²) in [5, 5.41) is -0.134. The van der Waals surface area contributed by atoms with Crippen LogP contribution in [-0.4, -0.2) is 25.8 Å². The third-order valence-electron chi connectivity index (χ3n) is 3.34. The quantitative estimate of drug-likeness (QED) is 0.692. The van der Waals surface area contributed by atoms with Crippen LogP contribution in [0.2, 0.25) is 0 Å². The highest BCUT2D eigenvalue weighted by molar-refractivity contribution is 7.90. The summed E-state index contributed by atoms with van der Waals surface area (Å²) in [6.07, 6.45) is 3.62. The summed E-state index contributed by atoms with van der Waals surface area (Å²) in [5.41, 5.74) is 5.75. The van der Waals surface area contributed by atoms with Gasteiger partial charge in [-0.3, -0.25) is 0 Å². The molecular formula is C9H18N2O2S. The monoisotopic (exact) mass is 218 g/mol. The molecule has 82 valence electrons. The Morgan fingerprint density at radius 3 is 2.57 bits per heavy atom. The zero-order valence-electron chi connectivity index (χ0n) is 8.49. The summed E-state index contributed by atoms with van der Waals surface area (Å²) in [6.45, 7) is 2.51. The third-order valence-corrected chi connectivity index (χ3v) is 5.23. The van der Waals surface area contributed by atoms with Gasteiger partial charge in [0.25, 0.3) is 0 Å². The molecule has 0 amide bonds. The van der Waals surface area contributed by atoms with Crippen LogP contribution in [0.4, 0.5) is 0 Å². The Morgan fingerprint density at radius 2 is 2.14 bits per heavy atom. The maximum atomic E-state index is 11.5. The smallest absolute Gasteiger partial charge is 0.214 e. The number of sulfonamides is 1. The van der Waals surface area contributed by atoms with Crippen molar-refractivity contribution in [3.63, 3.8) is 0 Å². The molecular weight excluding hydrogens is 200 g/mol. The van der Waals surface area contributed by atoms with E-state index in [-0.39, 0.29) is 10.8 Å². The number of nitrogens with two attached hydrogens (primary N) is 1. The molecule has 0 aromatic heterocycles. The molecule has 0 spiro atoms. The number of hydrogen-bond acceptors (Lipinski definition) is 3. The van der Waals surface area contributed by atoms with Crippen LogP contribution in [-0.2, 0) is 10.0 Å². The lowest BCUT2D eigenvalue weighted by Gasteiger charge is -2.12. The minimum absolute atomic E-state index is 0.134. The lowest BCUT2D eigenvalue weighted by atomic mass is 10.2. The van der Waals surface area contributed by atoms with Gasteiger partial charge in [-0.25, -0.2) is 13.1 Å². The highest BCUT2D eigenvalue weighted by atomic mass is 32.2. The highest BCUT2D eigenvalue weighted by Crippen LogP contribution is 2.43. The summed E-state index contributed by atoms with van der Waals surface area (Å²) in [4.78, 5) is 0. The first kappa shape index (κ1) is 10.4. The molecule has 2 fully saturated rings. The molecule has 5 heteroatoms. The summed E-state index contributed by atoms with van der Waals surface area (Å²) >= 11 is 0. The topological polar surface area (TPSA) is 72.2 Å². The van der Waals surface area contributed by atoms with Crippen molar-refractivity contribution in [1.82, 2.24) is 4.72 Å². The van der Waals surface area contributed by atoms with Gasteiger partial charge in [-0.1, -0.05) is 13.3 Å². The average molecular weight is 218 g/mol. The maximum absolute atomic E-state index is 11.5. The molecule has 0 unspecified atom stereocenters. The fourth-order valence-corrected chi connectivity index (χ4v) is 3.36. The van der Waals surface area contributed by atoms with Crippen molar-refractivity contribution in [2.24, 2.45) is 11.7 Å². The van der Waals surface area contributed by atoms with Crippen LogP contribution in [0.3, 0.4) is 0 Å². The molecule has 2 saturated carbocycles. The van der Waals surface area contributed by atoms with E-state index in [4.69, 9.17) is 5.73 Å². The third kappa shape index (κ3) is 1.94. The zero-order valence-corrected chi connectivity index (χ0v) is 9.31. The van der Waals surface area contributed by atoms with Gasteiger partial charge in [0.1, 0.15) is 0 Å². The summed E-state index contributed by atoms with van der Waals surface area (Å²) < 4.78 is 25.6. The first-order valence-electron chi connectivity index (χ1n) is 5.25. The Morgan fingerprint density at radius 1 is 1.50 bits per heavy atom. The standard InChI is InChI=1S/C9H18N2O2S/c1-2-7-5-9(7,10)6-11-14(12,13)8-3-4-8/h7-8,11H,2-6,10H2,1H3/t7-,9+/m1/s1. The van der Waals surface area contributed by atoms with Crippen LogP contribution in [0, 0.1) is 5.92 Å². The highest BCUT2D eigenvalue weighted by Gasteiger charge is 2.50. The van der Waals surface area contributed by atoms with E-state index in [1.165, 1.54) is 0 Å². The summed E-state index contributed by atoms with van der Waals surface area (Å²) in [7, 11) is -3.04. The molecule has 0 aromatic carbocycles. The van der Waals surface area contributed by atoms with Gasteiger partial charge in [0.2, 0.25) is 10.0 Å². The van der Waals surface area contributed by atoms with Gasteiger partial charge in [0, 0.05) is 12.1 Å². The molecule has 0 saturated heterocycles. The van der Waals surface area contributed by atoms with Crippen molar-refractivity contribution in [3.05, 3.63) is 0 Å². The molecule has 2 atom stereocenters. The van der Waals surface area contributed by atoms with Gasteiger partial charge in [-0.05, 0) is 25.2 Å². The molecule has 0 bridgehead atoms. The Labute approximate surface area is 85.3 Å². The molecule has 2 aliphatic rings. The maximum Gasteiger partial charge on any atom is 0.214 e. The van der Waals surface area contributed by atoms with E-state index in [1.807, 2.05) is 0 Å². The molecule has 0 aliphatic heterocycles. The van der Waals surface area contributed by atoms with E-state index in [0.29, 0.717) is 12.5 Å². The minimum Gasteiger partial charge on any atom is -0.324 e. The predicted molar refractivity (Wildman–Crippen MR) is 55.3 cm³/mol. The Bertz CT molecular complexity index is 324. The van der Waals surface area contributed by atoms with Crippen LogP contribution in [0.25, 0.3) is 0 Å². The van der Waals surface area contributed by atoms with Crippen molar-refractivity contribution < 1.29 is 8.42 Å². The fraction of sp³-hybridized carbons (Fsp3) is 1.00. The van der Waals surface area contributed by atoms with Gasteiger partial charge < -0.3 is 5.73 Å². The van der Waals surface area contributed by atoms with E-state index in [1.54, 1.807) is 0 Å². The molecule has 3 N–H and O–H groups in total. The largest absolute Gasteiger partial charge is 0.324 e. The van der Waals surface area contributed by atoms with Crippen molar-refractivity contribution in [1.29, 1.82) is 0 Å². The molecule has 0 radical (unpaired) electrons. The van der Waals surface area contributed by atoms with E-state index in [9.17, 15) is 8.42 Å². The first-order valence-corrected chi connectivity index (χ1v) is 6.80. The average Bonchev–Trinajstić information content (AvgIpc) is 2.96. The lowest BCUT2D eigenvalue weighted by molar-refractivity contribution is 0.541. The zero-order chi connectivity index (χ0) is 10.4. The Balaban J connectivity index is 1.83. The second-order valence-electron chi connectivity index (χ2n) is 4.61. The molecule has 14 heavy (non-hydrogen) atoms. The second-order valence-corrected chi connectivity index (χ2v) is 6.65. The minimum atomic E-state index is -3.04. The van der Waals surface area contributed by atoms with Crippen LogP contribution in [0.5, 0.6) is 0 Å². The molecule has 2 aliphatic carbocycles. The molecule has 0 heterocycles.